The SMILES string of the molecule is COc1ccc(S(=O)(=O)Oc2ccc(C)cc2[N+](=O)[O-])c2ccccc12. The first-order valence-electron chi connectivity index (χ1n) is 7.59. The van der Waals surface area contributed by atoms with Gasteiger partial charge in [0, 0.05) is 16.8 Å². The van der Waals surface area contributed by atoms with E-state index in [1.807, 2.05) is 0 Å². The number of fused-ring (bicyclic) bond motifs is 1. The lowest BCUT2D eigenvalue weighted by molar-refractivity contribution is -0.385. The first-order chi connectivity index (χ1) is 12.3. The van der Waals surface area contributed by atoms with Crippen LogP contribution in [0.25, 0.3) is 10.8 Å². The minimum absolute atomic E-state index is 0.0937. The van der Waals surface area contributed by atoms with E-state index in [4.69, 9.17) is 8.92 Å². The van der Waals surface area contributed by atoms with E-state index in [-0.39, 0.29) is 10.6 Å². The predicted octanol–water partition coefficient (Wildman–Crippen LogP) is 3.83. The van der Waals surface area contributed by atoms with Gasteiger partial charge in [-0.05, 0) is 30.7 Å². The van der Waals surface area contributed by atoms with Gasteiger partial charge in [0.25, 0.3) is 0 Å². The maximum absolute atomic E-state index is 12.8. The molecule has 0 radical (unpaired) electrons. The van der Waals surface area contributed by atoms with Gasteiger partial charge in [-0.1, -0.05) is 30.3 Å². The van der Waals surface area contributed by atoms with Gasteiger partial charge in [-0.3, -0.25) is 10.1 Å². The highest BCUT2D eigenvalue weighted by atomic mass is 32.2. The highest BCUT2D eigenvalue weighted by molar-refractivity contribution is 7.87. The summed E-state index contributed by atoms with van der Waals surface area (Å²) in [5, 5.41) is 12.2. The first kappa shape index (κ1) is 17.7. The third-order valence-electron chi connectivity index (χ3n) is 3.84. The molecule has 7 nitrogen and oxygen atoms in total. The van der Waals surface area contributed by atoms with Crippen LogP contribution in [0.15, 0.2) is 59.5 Å². The van der Waals surface area contributed by atoms with E-state index in [9.17, 15) is 18.5 Å². The fourth-order valence-electron chi connectivity index (χ4n) is 2.64. The molecule has 0 atom stereocenters. The third-order valence-corrected chi connectivity index (χ3v) is 5.14. The molecule has 0 aliphatic rings. The fraction of sp³-hybridized carbons (Fsp3) is 0.111. The Bertz CT molecular complexity index is 1110. The zero-order chi connectivity index (χ0) is 18.9. The standard InChI is InChI=1S/C18H15NO6S/c1-12-7-8-17(15(11-12)19(20)21)25-26(22,23)18-10-9-16(24-2)13-5-3-4-6-14(13)18/h3-11H,1-2H3. The fourth-order valence-corrected chi connectivity index (χ4v) is 3.79. The molecule has 0 bridgehead atoms. The number of rotatable bonds is 5. The van der Waals surface area contributed by atoms with Crippen molar-refractivity contribution >= 4 is 26.6 Å². The van der Waals surface area contributed by atoms with Crippen LogP contribution in [0.5, 0.6) is 11.5 Å². The average molecular weight is 373 g/mol. The Kier molecular flexibility index (Phi) is 4.52. The van der Waals surface area contributed by atoms with Gasteiger partial charge in [-0.15, -0.1) is 0 Å². The van der Waals surface area contributed by atoms with Gasteiger partial charge in [0.1, 0.15) is 10.6 Å². The lowest BCUT2D eigenvalue weighted by Crippen LogP contribution is -2.11. The molecule has 0 aromatic heterocycles. The zero-order valence-electron chi connectivity index (χ0n) is 14.0. The van der Waals surface area contributed by atoms with Crippen LogP contribution in [0.4, 0.5) is 5.69 Å². The monoisotopic (exact) mass is 373 g/mol. The summed E-state index contributed by atoms with van der Waals surface area (Å²) in [5.74, 6) is 0.182. The number of hydrogen-bond acceptors (Lipinski definition) is 6. The number of aryl methyl sites for hydroxylation is 1. The molecule has 0 saturated carbocycles. The topological polar surface area (TPSA) is 95.7 Å². The Morgan fingerprint density at radius 2 is 1.62 bits per heavy atom. The summed E-state index contributed by atoms with van der Waals surface area (Å²) in [6.07, 6.45) is 0. The van der Waals surface area contributed by atoms with E-state index >= 15 is 0 Å². The molecule has 0 spiro atoms. The lowest BCUT2D eigenvalue weighted by atomic mass is 10.1. The van der Waals surface area contributed by atoms with Crippen LogP contribution in [-0.2, 0) is 10.1 Å². The number of nitro benzene ring substituents is 1. The number of methoxy groups -OCH3 is 1. The highest BCUT2D eigenvalue weighted by Crippen LogP contribution is 2.34. The number of ether oxygens (including phenoxy) is 1. The van der Waals surface area contributed by atoms with Crippen molar-refractivity contribution in [2.45, 2.75) is 11.8 Å². The molecule has 0 heterocycles. The van der Waals surface area contributed by atoms with Crippen molar-refractivity contribution in [1.82, 2.24) is 0 Å². The van der Waals surface area contributed by atoms with E-state index < -0.39 is 20.7 Å². The number of hydrogen-bond donors (Lipinski definition) is 0. The average Bonchev–Trinajstić information content (AvgIpc) is 2.61. The van der Waals surface area contributed by atoms with Crippen LogP contribution in [-0.4, -0.2) is 20.5 Å². The molecular weight excluding hydrogens is 358 g/mol. The molecule has 3 aromatic carbocycles. The van der Waals surface area contributed by atoms with Crippen LogP contribution in [0.1, 0.15) is 5.56 Å². The normalized spacial score (nSPS) is 11.3. The predicted molar refractivity (Wildman–Crippen MR) is 96.1 cm³/mol. The summed E-state index contributed by atoms with van der Waals surface area (Å²) < 4.78 is 35.9. The van der Waals surface area contributed by atoms with Crippen molar-refractivity contribution in [2.75, 3.05) is 7.11 Å². The molecule has 0 unspecified atom stereocenters. The Morgan fingerprint density at radius 3 is 2.27 bits per heavy atom. The van der Waals surface area contributed by atoms with Gasteiger partial charge in [0.05, 0.1) is 12.0 Å². The minimum atomic E-state index is -4.29. The Balaban J connectivity index is 2.14. The van der Waals surface area contributed by atoms with Gasteiger partial charge in [0.15, 0.2) is 0 Å². The van der Waals surface area contributed by atoms with Crippen molar-refractivity contribution in [3.05, 3.63) is 70.3 Å². The van der Waals surface area contributed by atoms with E-state index in [0.717, 1.165) is 0 Å². The van der Waals surface area contributed by atoms with E-state index in [2.05, 4.69) is 0 Å². The summed E-state index contributed by atoms with van der Waals surface area (Å²) in [6, 6.07) is 13.7. The molecule has 3 rings (SSSR count). The van der Waals surface area contributed by atoms with E-state index in [1.54, 1.807) is 37.3 Å². The molecule has 0 aliphatic carbocycles. The smallest absolute Gasteiger partial charge is 0.340 e. The highest BCUT2D eigenvalue weighted by Gasteiger charge is 2.25. The molecular formula is C18H15NO6S. The van der Waals surface area contributed by atoms with Crippen molar-refractivity contribution in [3.8, 4) is 11.5 Å². The molecule has 0 fully saturated rings. The van der Waals surface area contributed by atoms with Gasteiger partial charge in [-0.25, -0.2) is 0 Å². The molecule has 0 saturated heterocycles. The van der Waals surface area contributed by atoms with Crippen molar-refractivity contribution in [2.24, 2.45) is 0 Å². The molecule has 0 N–H and O–H groups in total. The van der Waals surface area contributed by atoms with Crippen LogP contribution < -0.4 is 8.92 Å². The van der Waals surface area contributed by atoms with Gasteiger partial charge < -0.3 is 8.92 Å². The lowest BCUT2D eigenvalue weighted by Gasteiger charge is -2.12. The Hall–Kier alpha value is -3.13. The number of nitrogens with zero attached hydrogens (tertiary/aromatic N) is 1. The third kappa shape index (κ3) is 3.18. The maximum atomic E-state index is 12.8. The number of nitro groups is 1. The maximum Gasteiger partial charge on any atom is 0.340 e. The zero-order valence-corrected chi connectivity index (χ0v) is 14.8. The molecule has 3 aromatic rings. The second kappa shape index (κ2) is 6.64. The molecule has 0 amide bonds. The van der Waals surface area contributed by atoms with Gasteiger partial charge >= 0.3 is 15.8 Å². The van der Waals surface area contributed by atoms with E-state index in [1.165, 1.54) is 31.4 Å². The van der Waals surface area contributed by atoms with Crippen LogP contribution in [0.2, 0.25) is 0 Å². The summed E-state index contributed by atoms with van der Waals surface area (Å²) in [4.78, 5) is 10.4. The summed E-state index contributed by atoms with van der Waals surface area (Å²) in [7, 11) is -2.81. The first-order valence-corrected chi connectivity index (χ1v) is 8.99. The van der Waals surface area contributed by atoms with Crippen LogP contribution >= 0.6 is 0 Å². The molecule has 8 heteroatoms. The van der Waals surface area contributed by atoms with Crippen molar-refractivity contribution in [3.63, 3.8) is 0 Å². The summed E-state index contributed by atoms with van der Waals surface area (Å²) >= 11 is 0. The molecule has 26 heavy (non-hydrogen) atoms. The Morgan fingerprint density at radius 1 is 0.962 bits per heavy atom. The van der Waals surface area contributed by atoms with Crippen LogP contribution in [0.3, 0.4) is 0 Å². The summed E-state index contributed by atoms with van der Waals surface area (Å²) in [6.45, 7) is 1.67. The van der Waals surface area contributed by atoms with E-state index in [0.29, 0.717) is 22.1 Å². The van der Waals surface area contributed by atoms with Gasteiger partial charge in [0.2, 0.25) is 5.75 Å². The quantitative estimate of drug-likeness (QED) is 0.383. The minimum Gasteiger partial charge on any atom is -0.496 e. The molecule has 0 aliphatic heterocycles. The Labute approximate surface area is 150 Å². The van der Waals surface area contributed by atoms with Crippen LogP contribution in [0, 0.1) is 17.0 Å². The van der Waals surface area contributed by atoms with Crippen molar-refractivity contribution in [1.29, 1.82) is 0 Å². The summed E-state index contributed by atoms with van der Waals surface area (Å²) in [5.41, 5.74) is 0.211. The second-order valence-electron chi connectivity index (χ2n) is 5.58. The second-order valence-corrected chi connectivity index (χ2v) is 7.09. The van der Waals surface area contributed by atoms with Crippen molar-refractivity contribution < 1.29 is 22.3 Å². The molecule has 134 valence electrons. The number of benzene rings is 3. The van der Waals surface area contributed by atoms with Gasteiger partial charge in [-0.2, -0.15) is 8.42 Å². The largest absolute Gasteiger partial charge is 0.496 e.